The first-order chi connectivity index (χ1) is 13.5. The Morgan fingerprint density at radius 3 is 2.54 bits per heavy atom. The van der Waals surface area contributed by atoms with E-state index < -0.39 is 0 Å². The lowest BCUT2D eigenvalue weighted by Crippen LogP contribution is -2.34. The molecule has 3 rings (SSSR count). The second-order valence-electron chi connectivity index (χ2n) is 6.62. The van der Waals surface area contributed by atoms with Crippen molar-refractivity contribution >= 4 is 17.2 Å². The molecule has 0 aliphatic heterocycles. The number of thiophene rings is 1. The van der Waals surface area contributed by atoms with Gasteiger partial charge in [0, 0.05) is 11.4 Å². The van der Waals surface area contributed by atoms with E-state index in [4.69, 9.17) is 4.74 Å². The number of hydrogen-bond donors (Lipinski definition) is 1. The van der Waals surface area contributed by atoms with Crippen molar-refractivity contribution in [3.63, 3.8) is 0 Å². The number of ether oxygens (including phenoxy) is 1. The van der Waals surface area contributed by atoms with Gasteiger partial charge in [0.15, 0.2) is 0 Å². The van der Waals surface area contributed by atoms with Gasteiger partial charge in [-0.2, -0.15) is 0 Å². The summed E-state index contributed by atoms with van der Waals surface area (Å²) < 4.78 is 18.9. The fourth-order valence-corrected chi connectivity index (χ4v) is 3.75. The zero-order valence-corrected chi connectivity index (χ0v) is 16.7. The zero-order chi connectivity index (χ0) is 19.9. The minimum Gasteiger partial charge on any atom is -0.488 e. The Hall–Kier alpha value is -2.70. The van der Waals surface area contributed by atoms with Crippen LogP contribution in [-0.2, 0) is 6.61 Å². The highest BCUT2D eigenvalue weighted by molar-refractivity contribution is 7.10. The summed E-state index contributed by atoms with van der Waals surface area (Å²) in [4.78, 5) is 16.0. The number of carbonyl (C=O) groups is 1. The summed E-state index contributed by atoms with van der Waals surface area (Å²) in [6, 6.07) is 17.4. The van der Waals surface area contributed by atoms with Gasteiger partial charge in [0.1, 0.15) is 18.2 Å². The van der Waals surface area contributed by atoms with Crippen molar-refractivity contribution in [1.82, 2.24) is 10.2 Å². The number of rotatable bonds is 8. The van der Waals surface area contributed by atoms with Crippen LogP contribution in [0.4, 0.5) is 4.39 Å². The standard InChI is InChI=1S/C22H23FN2O2S/c1-25(2)19(21-8-5-13-28-21)14-24-22(26)18-6-3-4-7-20(18)27-15-16-9-11-17(23)12-10-16/h3-13,19H,14-15H2,1-2H3,(H,24,26). The number of amides is 1. The summed E-state index contributed by atoms with van der Waals surface area (Å²) in [7, 11) is 3.99. The van der Waals surface area contributed by atoms with Crippen LogP contribution in [0.3, 0.4) is 0 Å². The molecule has 0 aliphatic carbocycles. The van der Waals surface area contributed by atoms with Gasteiger partial charge in [-0.25, -0.2) is 4.39 Å². The molecule has 4 nitrogen and oxygen atoms in total. The molecule has 1 aromatic heterocycles. The molecule has 0 bridgehead atoms. The molecule has 1 N–H and O–H groups in total. The summed E-state index contributed by atoms with van der Waals surface area (Å²) in [6.07, 6.45) is 0. The third-order valence-electron chi connectivity index (χ3n) is 4.39. The molecule has 6 heteroatoms. The number of nitrogens with zero attached hydrogens (tertiary/aromatic N) is 1. The van der Waals surface area contributed by atoms with E-state index in [1.54, 1.807) is 35.6 Å². The van der Waals surface area contributed by atoms with E-state index in [1.807, 2.05) is 37.7 Å². The van der Waals surface area contributed by atoms with Gasteiger partial charge in [-0.05, 0) is 55.4 Å². The number of halogens is 1. The smallest absolute Gasteiger partial charge is 0.255 e. The van der Waals surface area contributed by atoms with Crippen molar-refractivity contribution < 1.29 is 13.9 Å². The zero-order valence-electron chi connectivity index (χ0n) is 15.9. The van der Waals surface area contributed by atoms with Crippen LogP contribution in [0.25, 0.3) is 0 Å². The van der Waals surface area contributed by atoms with E-state index in [0.29, 0.717) is 17.9 Å². The Kier molecular flexibility index (Phi) is 6.79. The highest BCUT2D eigenvalue weighted by Gasteiger charge is 2.18. The third-order valence-corrected chi connectivity index (χ3v) is 5.36. The molecule has 1 heterocycles. The summed E-state index contributed by atoms with van der Waals surface area (Å²) in [5.41, 5.74) is 1.32. The lowest BCUT2D eigenvalue weighted by Gasteiger charge is -2.23. The fraction of sp³-hybridized carbons (Fsp3) is 0.227. The number of likely N-dealkylation sites (N-methyl/N-ethyl adjacent to an activating group) is 1. The monoisotopic (exact) mass is 398 g/mol. The highest BCUT2D eigenvalue weighted by Crippen LogP contribution is 2.23. The van der Waals surface area contributed by atoms with Crippen LogP contribution in [0.15, 0.2) is 66.0 Å². The van der Waals surface area contributed by atoms with E-state index in [2.05, 4.69) is 16.3 Å². The first kappa shape index (κ1) is 20.0. The van der Waals surface area contributed by atoms with Crippen LogP contribution in [0.5, 0.6) is 5.75 Å². The topological polar surface area (TPSA) is 41.6 Å². The minimum absolute atomic E-state index is 0.108. The number of benzene rings is 2. The normalized spacial score (nSPS) is 12.0. The Labute approximate surface area is 168 Å². The third kappa shape index (κ3) is 5.18. The maximum atomic E-state index is 13.0. The average Bonchev–Trinajstić information content (AvgIpc) is 3.22. The van der Waals surface area contributed by atoms with Crippen molar-refractivity contribution in [3.8, 4) is 5.75 Å². The minimum atomic E-state index is -0.287. The molecule has 0 aliphatic rings. The lowest BCUT2D eigenvalue weighted by molar-refractivity contribution is 0.0937. The van der Waals surface area contributed by atoms with Crippen molar-refractivity contribution in [2.45, 2.75) is 12.6 Å². The SMILES string of the molecule is CN(C)C(CNC(=O)c1ccccc1OCc1ccc(F)cc1)c1cccs1. The predicted octanol–water partition coefficient (Wildman–Crippen LogP) is 4.50. The molecule has 0 saturated heterocycles. The maximum Gasteiger partial charge on any atom is 0.255 e. The molecule has 0 saturated carbocycles. The Bertz CT molecular complexity index is 895. The van der Waals surface area contributed by atoms with Crippen LogP contribution < -0.4 is 10.1 Å². The molecule has 3 aromatic rings. The fourth-order valence-electron chi connectivity index (χ4n) is 2.82. The van der Waals surface area contributed by atoms with Crippen molar-refractivity contribution in [2.24, 2.45) is 0 Å². The number of nitrogens with one attached hydrogen (secondary N) is 1. The lowest BCUT2D eigenvalue weighted by atomic mass is 10.1. The van der Waals surface area contributed by atoms with Crippen molar-refractivity contribution in [1.29, 1.82) is 0 Å². The maximum absolute atomic E-state index is 13.0. The van der Waals surface area contributed by atoms with E-state index >= 15 is 0 Å². The van der Waals surface area contributed by atoms with Crippen LogP contribution in [-0.4, -0.2) is 31.4 Å². The first-order valence-corrected chi connectivity index (χ1v) is 9.87. The van der Waals surface area contributed by atoms with Gasteiger partial charge in [-0.1, -0.05) is 30.3 Å². The number of hydrogen-bond acceptors (Lipinski definition) is 4. The Morgan fingerprint density at radius 1 is 1.11 bits per heavy atom. The quantitative estimate of drug-likeness (QED) is 0.608. The van der Waals surface area contributed by atoms with E-state index in [0.717, 1.165) is 5.56 Å². The molecular formula is C22H23FN2O2S. The number of para-hydroxylation sites is 1. The molecule has 1 amide bonds. The van der Waals surface area contributed by atoms with Gasteiger partial charge in [0.2, 0.25) is 0 Å². The van der Waals surface area contributed by atoms with E-state index in [-0.39, 0.29) is 24.4 Å². The second-order valence-corrected chi connectivity index (χ2v) is 7.60. The average molecular weight is 399 g/mol. The molecular weight excluding hydrogens is 375 g/mol. The first-order valence-electron chi connectivity index (χ1n) is 8.99. The van der Waals surface area contributed by atoms with Crippen LogP contribution >= 0.6 is 11.3 Å². The number of carbonyl (C=O) groups excluding carboxylic acids is 1. The van der Waals surface area contributed by atoms with Crippen LogP contribution in [0, 0.1) is 5.82 Å². The summed E-state index contributed by atoms with van der Waals surface area (Å²) >= 11 is 1.67. The molecule has 28 heavy (non-hydrogen) atoms. The molecule has 2 aromatic carbocycles. The summed E-state index contributed by atoms with van der Waals surface area (Å²) in [5.74, 6) is 0.0321. The van der Waals surface area contributed by atoms with Crippen molar-refractivity contribution in [3.05, 3.63) is 87.9 Å². The van der Waals surface area contributed by atoms with Gasteiger partial charge in [-0.15, -0.1) is 11.3 Å². The Morgan fingerprint density at radius 2 is 1.86 bits per heavy atom. The van der Waals surface area contributed by atoms with E-state index in [1.165, 1.54) is 17.0 Å². The van der Waals surface area contributed by atoms with E-state index in [9.17, 15) is 9.18 Å². The molecule has 0 radical (unpaired) electrons. The van der Waals surface area contributed by atoms with Gasteiger partial charge in [-0.3, -0.25) is 4.79 Å². The highest BCUT2D eigenvalue weighted by atomic mass is 32.1. The van der Waals surface area contributed by atoms with Gasteiger partial charge >= 0.3 is 0 Å². The Balaban J connectivity index is 1.65. The van der Waals surface area contributed by atoms with Crippen molar-refractivity contribution in [2.75, 3.05) is 20.6 Å². The van der Waals surface area contributed by atoms with Crippen LogP contribution in [0.1, 0.15) is 26.8 Å². The summed E-state index contributed by atoms with van der Waals surface area (Å²) in [6.45, 7) is 0.763. The molecule has 0 fully saturated rings. The molecule has 1 unspecified atom stereocenters. The largest absolute Gasteiger partial charge is 0.488 e. The van der Waals surface area contributed by atoms with Gasteiger partial charge < -0.3 is 15.0 Å². The van der Waals surface area contributed by atoms with Gasteiger partial charge in [0.25, 0.3) is 5.91 Å². The van der Waals surface area contributed by atoms with Crippen LogP contribution in [0.2, 0.25) is 0 Å². The van der Waals surface area contributed by atoms with Gasteiger partial charge in [0.05, 0.1) is 11.6 Å². The molecule has 146 valence electrons. The summed E-state index contributed by atoms with van der Waals surface area (Å²) in [5, 5.41) is 5.05. The molecule has 0 spiro atoms. The predicted molar refractivity (Wildman–Crippen MR) is 110 cm³/mol. The second kappa shape index (κ2) is 9.48. The molecule has 1 atom stereocenters.